The monoisotopic (exact) mass is 408 g/mol. The maximum atomic E-state index is 13.5. The summed E-state index contributed by atoms with van der Waals surface area (Å²) in [7, 11) is 1.70. The summed E-state index contributed by atoms with van der Waals surface area (Å²) in [5, 5.41) is 5.34. The van der Waals surface area contributed by atoms with Gasteiger partial charge in [-0.25, -0.2) is 0 Å². The van der Waals surface area contributed by atoms with Crippen LogP contribution in [0.15, 0.2) is 41.3 Å². The van der Waals surface area contributed by atoms with Crippen molar-refractivity contribution in [1.29, 1.82) is 0 Å². The topological polar surface area (TPSA) is 60.1 Å². The Bertz CT molecular complexity index is 1180. The summed E-state index contributed by atoms with van der Waals surface area (Å²) in [5.41, 5.74) is 4.64. The van der Waals surface area contributed by atoms with Gasteiger partial charge in [0.15, 0.2) is 5.69 Å². The smallest absolute Gasteiger partial charge is 0.280 e. The number of amides is 1. The van der Waals surface area contributed by atoms with Gasteiger partial charge in [0, 0.05) is 35.1 Å². The normalized spacial score (nSPS) is 18.4. The van der Waals surface area contributed by atoms with Crippen LogP contribution in [-0.2, 0) is 7.05 Å². The fourth-order valence-electron chi connectivity index (χ4n) is 4.27. The van der Waals surface area contributed by atoms with E-state index < -0.39 is 0 Å². The fourth-order valence-corrected chi connectivity index (χ4v) is 4.39. The summed E-state index contributed by atoms with van der Waals surface area (Å²) in [6.45, 7) is 3.80. The minimum Gasteiger partial charge on any atom is -0.316 e. The summed E-state index contributed by atoms with van der Waals surface area (Å²) in [5.74, 6) is -0.138. The van der Waals surface area contributed by atoms with Gasteiger partial charge in [0.25, 0.3) is 11.5 Å². The van der Waals surface area contributed by atoms with Crippen LogP contribution in [0.4, 0.5) is 5.69 Å². The number of pyridine rings is 1. The van der Waals surface area contributed by atoms with Crippen molar-refractivity contribution in [2.75, 3.05) is 4.90 Å². The molecule has 1 atom stereocenters. The predicted molar refractivity (Wildman–Crippen MR) is 112 cm³/mol. The van der Waals surface area contributed by atoms with Crippen LogP contribution in [0.5, 0.6) is 0 Å². The van der Waals surface area contributed by atoms with Gasteiger partial charge in [0.05, 0.1) is 17.8 Å². The zero-order valence-corrected chi connectivity index (χ0v) is 17.3. The molecule has 0 unspecified atom stereocenters. The van der Waals surface area contributed by atoms with Crippen molar-refractivity contribution in [2.24, 2.45) is 7.05 Å². The second-order valence-corrected chi connectivity index (χ2v) is 8.39. The van der Waals surface area contributed by atoms with Crippen molar-refractivity contribution in [3.63, 3.8) is 0 Å². The summed E-state index contributed by atoms with van der Waals surface area (Å²) < 4.78 is 3.53. The van der Waals surface area contributed by atoms with Crippen molar-refractivity contribution in [3.8, 4) is 0 Å². The standard InChI is InChI=1S/C22H21ClN4O2/c1-12-10-17(11-25(3)21(12)28)26-20(14-4-6-15(23)7-5-14)18-13(2)27(16-8-9-16)24-19(18)22(26)29/h4-7,10-11,16,20H,8-9H2,1-3H3/t20-/m1/s1. The van der Waals surface area contributed by atoms with E-state index in [0.717, 1.165) is 29.7 Å². The Morgan fingerprint density at radius 3 is 2.41 bits per heavy atom. The Balaban J connectivity index is 1.72. The third kappa shape index (κ3) is 2.74. The third-order valence-electron chi connectivity index (χ3n) is 5.85. The molecule has 29 heavy (non-hydrogen) atoms. The van der Waals surface area contributed by atoms with Crippen LogP contribution in [-0.4, -0.2) is 20.3 Å². The zero-order valence-electron chi connectivity index (χ0n) is 16.5. The molecule has 1 saturated carbocycles. The molecule has 1 aliphatic heterocycles. The van der Waals surface area contributed by atoms with Crippen LogP contribution in [0.2, 0.25) is 5.02 Å². The SMILES string of the molecule is Cc1cc(N2C(=O)c3nn(C4CC4)c(C)c3[C@H]2c2ccc(Cl)cc2)cn(C)c1=O. The van der Waals surface area contributed by atoms with Crippen LogP contribution in [0.25, 0.3) is 0 Å². The number of carbonyl (C=O) groups excluding carboxylic acids is 1. The van der Waals surface area contributed by atoms with E-state index in [1.54, 1.807) is 31.1 Å². The van der Waals surface area contributed by atoms with Gasteiger partial charge in [-0.3, -0.25) is 19.2 Å². The first-order chi connectivity index (χ1) is 13.9. The van der Waals surface area contributed by atoms with Gasteiger partial charge in [-0.15, -0.1) is 0 Å². The Morgan fingerprint density at radius 1 is 1.10 bits per heavy atom. The Hall–Kier alpha value is -2.86. The summed E-state index contributed by atoms with van der Waals surface area (Å²) >= 11 is 6.11. The van der Waals surface area contributed by atoms with Crippen LogP contribution in [0.1, 0.15) is 57.8 Å². The minimum absolute atomic E-state index is 0.0729. The van der Waals surface area contributed by atoms with E-state index >= 15 is 0 Å². The largest absolute Gasteiger partial charge is 0.316 e. The lowest BCUT2D eigenvalue weighted by atomic mass is 9.99. The third-order valence-corrected chi connectivity index (χ3v) is 6.11. The molecule has 1 amide bonds. The van der Waals surface area contributed by atoms with Gasteiger partial charge in [-0.05, 0) is 50.5 Å². The number of carbonyl (C=O) groups is 1. The number of hydrogen-bond acceptors (Lipinski definition) is 3. The van der Waals surface area contributed by atoms with Gasteiger partial charge in [0.2, 0.25) is 0 Å². The molecule has 0 saturated heterocycles. The molecule has 3 heterocycles. The molecule has 0 N–H and O–H groups in total. The summed E-state index contributed by atoms with van der Waals surface area (Å²) in [6.07, 6.45) is 3.92. The molecule has 2 aromatic heterocycles. The molecular formula is C22H21ClN4O2. The van der Waals surface area contributed by atoms with Gasteiger partial charge >= 0.3 is 0 Å². The molecule has 148 valence electrons. The highest BCUT2D eigenvalue weighted by molar-refractivity contribution is 6.30. The molecule has 3 aromatic rings. The molecular weight excluding hydrogens is 388 g/mol. The number of anilines is 1. The van der Waals surface area contributed by atoms with E-state index in [-0.39, 0.29) is 17.5 Å². The molecule has 1 aliphatic carbocycles. The van der Waals surface area contributed by atoms with Crippen molar-refractivity contribution < 1.29 is 4.79 Å². The number of aromatic nitrogens is 3. The molecule has 5 rings (SSSR count). The number of benzene rings is 1. The number of hydrogen-bond donors (Lipinski definition) is 0. The quantitative estimate of drug-likeness (QED) is 0.659. The highest BCUT2D eigenvalue weighted by Gasteiger charge is 2.45. The molecule has 0 bridgehead atoms. The maximum absolute atomic E-state index is 13.5. The fraction of sp³-hybridized carbons (Fsp3) is 0.318. The lowest BCUT2D eigenvalue weighted by Crippen LogP contribution is -2.32. The van der Waals surface area contributed by atoms with Gasteiger partial charge in [-0.2, -0.15) is 5.10 Å². The Morgan fingerprint density at radius 2 is 1.79 bits per heavy atom. The van der Waals surface area contributed by atoms with Crippen LogP contribution < -0.4 is 10.5 Å². The maximum Gasteiger partial charge on any atom is 0.280 e. The Kier molecular flexibility index (Phi) is 3.96. The second-order valence-electron chi connectivity index (χ2n) is 7.95. The van der Waals surface area contributed by atoms with E-state index in [2.05, 4.69) is 0 Å². The van der Waals surface area contributed by atoms with Crippen molar-refractivity contribution in [1.82, 2.24) is 14.3 Å². The first-order valence-electron chi connectivity index (χ1n) is 9.72. The lowest BCUT2D eigenvalue weighted by Gasteiger charge is -2.27. The van der Waals surface area contributed by atoms with Gasteiger partial charge in [-0.1, -0.05) is 23.7 Å². The highest BCUT2D eigenvalue weighted by Crippen LogP contribution is 2.45. The first kappa shape index (κ1) is 18.2. The first-order valence-corrected chi connectivity index (χ1v) is 10.1. The number of aryl methyl sites for hydroxylation is 2. The van der Waals surface area contributed by atoms with Crippen molar-refractivity contribution in [2.45, 2.75) is 38.8 Å². The molecule has 7 heteroatoms. The molecule has 1 aromatic carbocycles. The second kappa shape index (κ2) is 6.32. The van der Waals surface area contributed by atoms with Gasteiger partial charge < -0.3 is 4.57 Å². The van der Waals surface area contributed by atoms with E-state index in [1.165, 1.54) is 4.57 Å². The summed E-state index contributed by atoms with van der Waals surface area (Å²) in [4.78, 5) is 27.4. The average molecular weight is 409 g/mol. The molecule has 0 spiro atoms. The number of rotatable bonds is 3. The van der Waals surface area contributed by atoms with E-state index in [9.17, 15) is 9.59 Å². The van der Waals surface area contributed by atoms with Crippen molar-refractivity contribution >= 4 is 23.2 Å². The molecule has 0 radical (unpaired) electrons. The van der Waals surface area contributed by atoms with Crippen molar-refractivity contribution in [3.05, 3.63) is 80.0 Å². The number of fused-ring (bicyclic) bond motifs is 1. The molecule has 6 nitrogen and oxygen atoms in total. The molecule has 1 fully saturated rings. The van der Waals surface area contributed by atoms with E-state index in [4.69, 9.17) is 16.7 Å². The van der Waals surface area contributed by atoms with Crippen LogP contribution in [0.3, 0.4) is 0 Å². The van der Waals surface area contributed by atoms with Gasteiger partial charge in [0.1, 0.15) is 0 Å². The van der Waals surface area contributed by atoms with Crippen LogP contribution in [0, 0.1) is 13.8 Å². The lowest BCUT2D eigenvalue weighted by molar-refractivity contribution is 0.0987. The zero-order chi connectivity index (χ0) is 20.4. The average Bonchev–Trinajstić information content (AvgIpc) is 3.42. The number of nitrogens with zero attached hydrogens (tertiary/aromatic N) is 4. The number of halogens is 1. The highest BCUT2D eigenvalue weighted by atomic mass is 35.5. The van der Waals surface area contributed by atoms with E-state index in [0.29, 0.717) is 28.0 Å². The Labute approximate surface area is 173 Å². The predicted octanol–water partition coefficient (Wildman–Crippen LogP) is 3.94. The minimum atomic E-state index is -0.306. The van der Waals surface area contributed by atoms with Crippen LogP contribution >= 0.6 is 11.6 Å². The summed E-state index contributed by atoms with van der Waals surface area (Å²) in [6, 6.07) is 9.44. The van der Waals surface area contributed by atoms with E-state index in [1.807, 2.05) is 35.9 Å². The molecule has 2 aliphatic rings.